The van der Waals surface area contributed by atoms with Crippen molar-refractivity contribution in [3.8, 4) is 11.3 Å². The van der Waals surface area contributed by atoms with Gasteiger partial charge in [-0.25, -0.2) is 4.98 Å². The summed E-state index contributed by atoms with van der Waals surface area (Å²) in [6, 6.07) is 7.65. The molecule has 1 aromatic carbocycles. The SMILES string of the molecule is O=C(Cc1cc2cc(-c3cnco3)ccc2nn1)[C@H]1CCCO1. The molecular formula is C17H15N3O3. The molecule has 1 aliphatic rings. The zero-order valence-corrected chi connectivity index (χ0v) is 12.4. The molecule has 1 aliphatic heterocycles. The van der Waals surface area contributed by atoms with Crippen LogP contribution in [0.3, 0.4) is 0 Å². The summed E-state index contributed by atoms with van der Waals surface area (Å²) in [5, 5.41) is 9.26. The van der Waals surface area contributed by atoms with Gasteiger partial charge >= 0.3 is 0 Å². The highest BCUT2D eigenvalue weighted by Crippen LogP contribution is 2.23. The first-order chi connectivity index (χ1) is 11.3. The van der Waals surface area contributed by atoms with Gasteiger partial charge in [0.2, 0.25) is 0 Å². The number of aromatic nitrogens is 3. The maximum absolute atomic E-state index is 12.2. The molecule has 116 valence electrons. The third-order valence-electron chi connectivity index (χ3n) is 4.00. The molecule has 0 radical (unpaired) electrons. The van der Waals surface area contributed by atoms with Crippen molar-refractivity contribution in [3.05, 3.63) is 42.5 Å². The van der Waals surface area contributed by atoms with Crippen LogP contribution in [-0.2, 0) is 16.0 Å². The molecule has 1 fully saturated rings. The predicted octanol–water partition coefficient (Wildman–Crippen LogP) is 2.58. The molecule has 0 amide bonds. The van der Waals surface area contributed by atoms with Crippen molar-refractivity contribution < 1.29 is 13.9 Å². The van der Waals surface area contributed by atoms with Crippen LogP contribution in [0.2, 0.25) is 0 Å². The normalized spacial score (nSPS) is 17.7. The van der Waals surface area contributed by atoms with Gasteiger partial charge in [-0.1, -0.05) is 0 Å². The van der Waals surface area contributed by atoms with Gasteiger partial charge in [0.15, 0.2) is 17.9 Å². The number of hydrogen-bond donors (Lipinski definition) is 0. The van der Waals surface area contributed by atoms with Crippen molar-refractivity contribution in [2.45, 2.75) is 25.4 Å². The molecule has 0 aliphatic carbocycles. The Hall–Kier alpha value is -2.60. The minimum Gasteiger partial charge on any atom is -0.444 e. The molecule has 3 heterocycles. The van der Waals surface area contributed by atoms with Gasteiger partial charge in [-0.2, -0.15) is 10.2 Å². The van der Waals surface area contributed by atoms with E-state index in [-0.39, 0.29) is 18.3 Å². The number of carbonyl (C=O) groups is 1. The predicted molar refractivity (Wildman–Crippen MR) is 82.7 cm³/mol. The molecule has 0 saturated carbocycles. The summed E-state index contributed by atoms with van der Waals surface area (Å²) in [6.45, 7) is 0.667. The molecule has 1 atom stereocenters. The maximum Gasteiger partial charge on any atom is 0.181 e. The highest BCUT2D eigenvalue weighted by Gasteiger charge is 2.24. The number of benzene rings is 1. The largest absolute Gasteiger partial charge is 0.444 e. The molecule has 3 aromatic rings. The summed E-state index contributed by atoms with van der Waals surface area (Å²) in [4.78, 5) is 16.1. The molecule has 0 N–H and O–H groups in total. The summed E-state index contributed by atoms with van der Waals surface area (Å²) in [5.41, 5.74) is 2.36. The third-order valence-corrected chi connectivity index (χ3v) is 4.00. The van der Waals surface area contributed by atoms with E-state index >= 15 is 0 Å². The van der Waals surface area contributed by atoms with Gasteiger partial charge in [-0.3, -0.25) is 4.79 Å². The van der Waals surface area contributed by atoms with Crippen LogP contribution < -0.4 is 0 Å². The van der Waals surface area contributed by atoms with E-state index in [1.54, 1.807) is 6.20 Å². The van der Waals surface area contributed by atoms with Crippen LogP contribution in [-0.4, -0.2) is 33.7 Å². The summed E-state index contributed by atoms with van der Waals surface area (Å²) in [5.74, 6) is 0.767. The van der Waals surface area contributed by atoms with Crippen LogP contribution in [0.15, 0.2) is 41.3 Å². The first-order valence-electron chi connectivity index (χ1n) is 7.59. The molecule has 0 spiro atoms. The maximum atomic E-state index is 12.2. The van der Waals surface area contributed by atoms with Crippen LogP contribution in [0.4, 0.5) is 0 Å². The number of ketones is 1. The van der Waals surface area contributed by atoms with E-state index < -0.39 is 0 Å². The fourth-order valence-electron chi connectivity index (χ4n) is 2.81. The first-order valence-corrected chi connectivity index (χ1v) is 7.59. The van der Waals surface area contributed by atoms with E-state index in [1.807, 2.05) is 24.3 Å². The summed E-state index contributed by atoms with van der Waals surface area (Å²) < 4.78 is 10.7. The zero-order chi connectivity index (χ0) is 15.6. The minimum absolute atomic E-state index is 0.0718. The van der Waals surface area contributed by atoms with E-state index in [9.17, 15) is 4.79 Å². The molecule has 2 aromatic heterocycles. The van der Waals surface area contributed by atoms with Crippen molar-refractivity contribution in [2.75, 3.05) is 6.61 Å². The first kappa shape index (κ1) is 14.0. The second-order valence-electron chi connectivity index (χ2n) is 5.62. The second kappa shape index (κ2) is 5.89. The van der Waals surface area contributed by atoms with Crippen LogP contribution in [0.1, 0.15) is 18.5 Å². The van der Waals surface area contributed by atoms with Crippen molar-refractivity contribution in [1.29, 1.82) is 0 Å². The van der Waals surface area contributed by atoms with Gasteiger partial charge < -0.3 is 9.15 Å². The van der Waals surface area contributed by atoms with Crippen LogP contribution in [0.5, 0.6) is 0 Å². The molecule has 0 unspecified atom stereocenters. The van der Waals surface area contributed by atoms with Gasteiger partial charge in [-0.05, 0) is 37.1 Å². The molecule has 6 nitrogen and oxygen atoms in total. The van der Waals surface area contributed by atoms with Crippen molar-refractivity contribution in [2.24, 2.45) is 0 Å². The fourth-order valence-corrected chi connectivity index (χ4v) is 2.81. The molecule has 4 rings (SSSR count). The van der Waals surface area contributed by atoms with Gasteiger partial charge in [0.25, 0.3) is 0 Å². The van der Waals surface area contributed by atoms with Gasteiger partial charge in [-0.15, -0.1) is 0 Å². The minimum atomic E-state index is -0.284. The number of oxazole rings is 1. The summed E-state index contributed by atoms with van der Waals surface area (Å²) in [6.07, 6.45) is 4.77. The number of carbonyl (C=O) groups excluding carboxylic acids is 1. The van der Waals surface area contributed by atoms with E-state index in [1.165, 1.54) is 6.39 Å². The number of fused-ring (bicyclic) bond motifs is 1. The van der Waals surface area contributed by atoms with Crippen molar-refractivity contribution in [3.63, 3.8) is 0 Å². The fraction of sp³-hybridized carbons (Fsp3) is 0.294. The highest BCUT2D eigenvalue weighted by molar-refractivity contribution is 5.87. The van der Waals surface area contributed by atoms with Crippen molar-refractivity contribution in [1.82, 2.24) is 15.2 Å². The topological polar surface area (TPSA) is 78.1 Å². The Balaban J connectivity index is 1.62. The van der Waals surface area contributed by atoms with E-state index in [0.29, 0.717) is 18.1 Å². The standard InChI is InChI=1S/C17H15N3O3/c21-15(16-2-1-5-22-16)8-13-7-12-6-11(17-9-18-10-23-17)3-4-14(12)20-19-13/h3-4,6-7,9-10,16H,1-2,5,8H2/t16-/m1/s1. The third kappa shape index (κ3) is 2.85. The second-order valence-corrected chi connectivity index (χ2v) is 5.62. The molecule has 6 heteroatoms. The van der Waals surface area contributed by atoms with Gasteiger partial charge in [0.1, 0.15) is 6.10 Å². The molecule has 23 heavy (non-hydrogen) atoms. The Kier molecular flexibility index (Phi) is 3.59. The van der Waals surface area contributed by atoms with Crippen LogP contribution in [0.25, 0.3) is 22.2 Å². The Morgan fingerprint density at radius 2 is 2.22 bits per heavy atom. The monoisotopic (exact) mass is 309 g/mol. The number of nitrogens with zero attached hydrogens (tertiary/aromatic N) is 3. The van der Waals surface area contributed by atoms with E-state index in [4.69, 9.17) is 9.15 Å². The zero-order valence-electron chi connectivity index (χ0n) is 12.4. The Bertz CT molecular complexity index is 839. The lowest BCUT2D eigenvalue weighted by atomic mass is 10.1. The summed E-state index contributed by atoms with van der Waals surface area (Å²) in [7, 11) is 0. The quantitative estimate of drug-likeness (QED) is 0.737. The summed E-state index contributed by atoms with van der Waals surface area (Å²) >= 11 is 0. The molecule has 0 bridgehead atoms. The number of hydrogen-bond acceptors (Lipinski definition) is 6. The average molecular weight is 309 g/mol. The Morgan fingerprint density at radius 3 is 3.00 bits per heavy atom. The van der Waals surface area contributed by atoms with Crippen molar-refractivity contribution >= 4 is 16.7 Å². The Morgan fingerprint density at radius 1 is 1.26 bits per heavy atom. The lowest BCUT2D eigenvalue weighted by Gasteiger charge is -2.08. The van der Waals surface area contributed by atoms with Crippen LogP contribution in [0, 0.1) is 0 Å². The number of rotatable bonds is 4. The van der Waals surface area contributed by atoms with E-state index in [0.717, 1.165) is 29.3 Å². The van der Waals surface area contributed by atoms with E-state index in [2.05, 4.69) is 15.2 Å². The molecule has 1 saturated heterocycles. The number of ether oxygens (including phenoxy) is 1. The molecular weight excluding hydrogens is 294 g/mol. The van der Waals surface area contributed by atoms with Gasteiger partial charge in [0.05, 0.1) is 23.8 Å². The average Bonchev–Trinajstić information content (AvgIpc) is 3.27. The van der Waals surface area contributed by atoms with Crippen LogP contribution >= 0.6 is 0 Å². The lowest BCUT2D eigenvalue weighted by Crippen LogP contribution is -2.21. The Labute approximate surface area is 132 Å². The highest BCUT2D eigenvalue weighted by atomic mass is 16.5. The lowest BCUT2D eigenvalue weighted by molar-refractivity contribution is -0.127. The number of Topliss-reactive ketones (excluding diaryl/α,β-unsaturated/α-hetero) is 1. The van der Waals surface area contributed by atoms with Gasteiger partial charge in [0, 0.05) is 17.6 Å². The smallest absolute Gasteiger partial charge is 0.181 e.